The fraction of sp³-hybridized carbons (Fsp3) is 0.909. The summed E-state index contributed by atoms with van der Waals surface area (Å²) in [6, 6.07) is 0. The van der Waals surface area contributed by atoms with Crippen molar-refractivity contribution in [2.24, 2.45) is 11.8 Å². The van der Waals surface area contributed by atoms with Crippen LogP contribution in [0.3, 0.4) is 0 Å². The van der Waals surface area contributed by atoms with Crippen LogP contribution in [0.25, 0.3) is 0 Å². The van der Waals surface area contributed by atoms with Gasteiger partial charge in [0.05, 0.1) is 12.0 Å². The van der Waals surface area contributed by atoms with Gasteiger partial charge in [0.1, 0.15) is 0 Å². The van der Waals surface area contributed by atoms with E-state index in [0.29, 0.717) is 24.7 Å². The van der Waals surface area contributed by atoms with Crippen LogP contribution in [-0.4, -0.2) is 21.8 Å². The standard InChI is InChI=1S/C11H18O3/c12-10(13)7-11(14)5-8-3-1-2-4-9(8)6-11/h8-9,14H,1-7H2,(H,12,13). The first kappa shape index (κ1) is 9.97. The van der Waals surface area contributed by atoms with Crippen molar-refractivity contribution in [3.05, 3.63) is 0 Å². The maximum absolute atomic E-state index is 10.6. The fourth-order valence-electron chi connectivity index (χ4n) is 3.31. The Bertz CT molecular complexity index is 223. The van der Waals surface area contributed by atoms with Crippen LogP contribution in [0.2, 0.25) is 0 Å². The summed E-state index contributed by atoms with van der Waals surface area (Å²) >= 11 is 0. The van der Waals surface area contributed by atoms with Crippen LogP contribution in [0.4, 0.5) is 0 Å². The van der Waals surface area contributed by atoms with Crippen LogP contribution in [0, 0.1) is 11.8 Å². The minimum absolute atomic E-state index is 0.0694. The largest absolute Gasteiger partial charge is 0.481 e. The molecule has 0 aromatic rings. The lowest BCUT2D eigenvalue weighted by Gasteiger charge is -2.23. The number of carboxylic acids is 1. The molecule has 2 saturated carbocycles. The third kappa shape index (κ3) is 1.92. The van der Waals surface area contributed by atoms with Crippen molar-refractivity contribution in [3.8, 4) is 0 Å². The summed E-state index contributed by atoms with van der Waals surface area (Å²) in [5.41, 5.74) is -0.897. The Balaban J connectivity index is 2.00. The molecule has 2 aliphatic carbocycles. The Morgan fingerprint density at radius 2 is 1.71 bits per heavy atom. The molecule has 0 amide bonds. The van der Waals surface area contributed by atoms with E-state index in [2.05, 4.69) is 0 Å². The van der Waals surface area contributed by atoms with Gasteiger partial charge in [0.2, 0.25) is 0 Å². The zero-order valence-corrected chi connectivity index (χ0v) is 8.41. The van der Waals surface area contributed by atoms with E-state index in [9.17, 15) is 9.90 Å². The molecule has 2 fully saturated rings. The van der Waals surface area contributed by atoms with E-state index >= 15 is 0 Å². The molecule has 2 rings (SSSR count). The Hall–Kier alpha value is -0.570. The van der Waals surface area contributed by atoms with Gasteiger partial charge in [-0.05, 0) is 24.7 Å². The summed E-state index contributed by atoms with van der Waals surface area (Å²) in [4.78, 5) is 10.6. The molecular formula is C11H18O3. The summed E-state index contributed by atoms with van der Waals surface area (Å²) in [5, 5.41) is 18.8. The molecule has 0 aromatic carbocycles. The zero-order valence-electron chi connectivity index (χ0n) is 8.41. The fourth-order valence-corrected chi connectivity index (χ4v) is 3.31. The van der Waals surface area contributed by atoms with E-state index < -0.39 is 11.6 Å². The molecule has 2 unspecified atom stereocenters. The second-order valence-electron chi connectivity index (χ2n) is 5.01. The lowest BCUT2D eigenvalue weighted by Crippen LogP contribution is -2.28. The third-order valence-electron chi connectivity index (χ3n) is 3.83. The van der Waals surface area contributed by atoms with E-state index in [1.165, 1.54) is 25.7 Å². The van der Waals surface area contributed by atoms with Gasteiger partial charge in [-0.1, -0.05) is 25.7 Å². The molecule has 14 heavy (non-hydrogen) atoms. The highest BCUT2D eigenvalue weighted by Crippen LogP contribution is 2.48. The number of rotatable bonds is 2. The summed E-state index contributed by atoms with van der Waals surface area (Å²) in [6.07, 6.45) is 6.24. The predicted octanol–water partition coefficient (Wildman–Crippen LogP) is 1.79. The first-order valence-electron chi connectivity index (χ1n) is 5.53. The van der Waals surface area contributed by atoms with Gasteiger partial charge in [0.15, 0.2) is 0 Å². The van der Waals surface area contributed by atoms with Gasteiger partial charge in [-0.2, -0.15) is 0 Å². The minimum Gasteiger partial charge on any atom is -0.481 e. The van der Waals surface area contributed by atoms with Gasteiger partial charge in [0, 0.05) is 0 Å². The van der Waals surface area contributed by atoms with Crippen molar-refractivity contribution in [1.82, 2.24) is 0 Å². The molecule has 3 nitrogen and oxygen atoms in total. The minimum atomic E-state index is -0.897. The molecule has 80 valence electrons. The molecule has 0 spiro atoms. The average molecular weight is 198 g/mol. The molecule has 2 aliphatic rings. The topological polar surface area (TPSA) is 57.5 Å². The third-order valence-corrected chi connectivity index (χ3v) is 3.83. The molecular weight excluding hydrogens is 180 g/mol. The van der Waals surface area contributed by atoms with Crippen LogP contribution in [0.5, 0.6) is 0 Å². The Kier molecular flexibility index (Phi) is 2.52. The lowest BCUT2D eigenvalue weighted by atomic mass is 9.82. The van der Waals surface area contributed by atoms with Crippen molar-refractivity contribution in [2.45, 2.75) is 50.5 Å². The number of carboxylic acid groups (broad SMARTS) is 1. The highest BCUT2D eigenvalue weighted by Gasteiger charge is 2.45. The van der Waals surface area contributed by atoms with E-state index in [1.54, 1.807) is 0 Å². The molecule has 0 bridgehead atoms. The molecule has 3 heteroatoms. The van der Waals surface area contributed by atoms with Crippen LogP contribution in [0.1, 0.15) is 44.9 Å². The van der Waals surface area contributed by atoms with E-state index in [4.69, 9.17) is 5.11 Å². The molecule has 0 saturated heterocycles. The van der Waals surface area contributed by atoms with Gasteiger partial charge >= 0.3 is 5.97 Å². The Labute approximate surface area is 84.1 Å². The van der Waals surface area contributed by atoms with Gasteiger partial charge in [-0.3, -0.25) is 4.79 Å². The lowest BCUT2D eigenvalue weighted by molar-refractivity contribution is -0.142. The number of aliphatic hydroxyl groups is 1. The van der Waals surface area contributed by atoms with Gasteiger partial charge in [-0.15, -0.1) is 0 Å². The highest BCUT2D eigenvalue weighted by molar-refractivity contribution is 5.68. The van der Waals surface area contributed by atoms with Gasteiger partial charge < -0.3 is 10.2 Å². The second-order valence-corrected chi connectivity index (χ2v) is 5.01. The van der Waals surface area contributed by atoms with Gasteiger partial charge in [-0.25, -0.2) is 0 Å². The number of hydrogen-bond acceptors (Lipinski definition) is 2. The number of carbonyl (C=O) groups is 1. The maximum Gasteiger partial charge on any atom is 0.306 e. The molecule has 0 aliphatic heterocycles. The van der Waals surface area contributed by atoms with Crippen molar-refractivity contribution in [1.29, 1.82) is 0 Å². The molecule has 2 N–H and O–H groups in total. The van der Waals surface area contributed by atoms with Crippen LogP contribution >= 0.6 is 0 Å². The number of fused-ring (bicyclic) bond motifs is 1. The van der Waals surface area contributed by atoms with Crippen LogP contribution < -0.4 is 0 Å². The summed E-state index contributed by atoms with van der Waals surface area (Å²) in [6.45, 7) is 0. The molecule has 0 radical (unpaired) electrons. The molecule has 0 aromatic heterocycles. The van der Waals surface area contributed by atoms with Crippen LogP contribution in [0.15, 0.2) is 0 Å². The normalized spacial score (nSPS) is 42.1. The van der Waals surface area contributed by atoms with E-state index in [0.717, 1.165) is 0 Å². The van der Waals surface area contributed by atoms with Gasteiger partial charge in [0.25, 0.3) is 0 Å². The zero-order chi connectivity index (χ0) is 10.2. The number of aliphatic carboxylic acids is 1. The highest BCUT2D eigenvalue weighted by atomic mass is 16.4. The second kappa shape index (κ2) is 3.54. The maximum atomic E-state index is 10.6. The van der Waals surface area contributed by atoms with Crippen molar-refractivity contribution < 1.29 is 15.0 Å². The van der Waals surface area contributed by atoms with Crippen molar-refractivity contribution in [3.63, 3.8) is 0 Å². The smallest absolute Gasteiger partial charge is 0.306 e. The number of hydrogen-bond donors (Lipinski definition) is 2. The Morgan fingerprint density at radius 1 is 1.21 bits per heavy atom. The first-order chi connectivity index (χ1) is 6.59. The van der Waals surface area contributed by atoms with Crippen molar-refractivity contribution >= 4 is 5.97 Å². The summed E-state index contributed by atoms with van der Waals surface area (Å²) in [7, 11) is 0. The summed E-state index contributed by atoms with van der Waals surface area (Å²) < 4.78 is 0. The first-order valence-corrected chi connectivity index (χ1v) is 5.53. The molecule has 2 atom stereocenters. The predicted molar refractivity (Wildman–Crippen MR) is 51.9 cm³/mol. The monoisotopic (exact) mass is 198 g/mol. The SMILES string of the molecule is O=C(O)CC1(O)CC2CCCCC2C1. The van der Waals surface area contributed by atoms with Crippen LogP contribution in [-0.2, 0) is 4.79 Å². The quantitative estimate of drug-likeness (QED) is 0.711. The van der Waals surface area contributed by atoms with E-state index in [1.807, 2.05) is 0 Å². The average Bonchev–Trinajstić information content (AvgIpc) is 2.38. The summed E-state index contributed by atoms with van der Waals surface area (Å²) in [5.74, 6) is 0.312. The van der Waals surface area contributed by atoms with Crippen molar-refractivity contribution in [2.75, 3.05) is 0 Å². The van der Waals surface area contributed by atoms with E-state index in [-0.39, 0.29) is 6.42 Å². The Morgan fingerprint density at radius 3 is 2.14 bits per heavy atom. The molecule has 0 heterocycles.